The molecule has 0 bridgehead atoms. The van der Waals surface area contributed by atoms with Crippen molar-refractivity contribution in [2.75, 3.05) is 18.9 Å². The van der Waals surface area contributed by atoms with Crippen LogP contribution in [0.4, 0.5) is 0 Å². The number of aliphatic carboxylic acids is 1. The molecule has 5 heteroatoms. The van der Waals surface area contributed by atoms with E-state index in [2.05, 4.69) is 12.2 Å². The molecule has 0 amide bonds. The van der Waals surface area contributed by atoms with Gasteiger partial charge < -0.3 is 15.5 Å². The van der Waals surface area contributed by atoms with Gasteiger partial charge >= 0.3 is 5.97 Å². The minimum absolute atomic E-state index is 0.193. The Bertz CT molecular complexity index is 226. The fraction of sp³-hybridized carbons (Fsp3) is 0.917. The van der Waals surface area contributed by atoms with Crippen LogP contribution in [0.2, 0.25) is 0 Å². The zero-order valence-corrected chi connectivity index (χ0v) is 11.8. The first-order valence-electron chi connectivity index (χ1n) is 6.17. The van der Waals surface area contributed by atoms with Crippen molar-refractivity contribution in [2.45, 2.75) is 50.8 Å². The number of carbonyl (C=O) groups is 1. The molecular weight excluding hydrogens is 238 g/mol. The SMILES string of the molecule is CCCNC(C)(CCSC(C)CCO)C(=O)O. The van der Waals surface area contributed by atoms with Crippen LogP contribution in [-0.2, 0) is 4.79 Å². The maximum absolute atomic E-state index is 11.2. The number of hydrogen-bond donors (Lipinski definition) is 3. The van der Waals surface area contributed by atoms with E-state index < -0.39 is 11.5 Å². The van der Waals surface area contributed by atoms with Gasteiger partial charge in [0.05, 0.1) is 0 Å². The molecule has 0 spiro atoms. The zero-order valence-electron chi connectivity index (χ0n) is 11.0. The van der Waals surface area contributed by atoms with Crippen LogP contribution in [0.3, 0.4) is 0 Å². The largest absolute Gasteiger partial charge is 0.480 e. The van der Waals surface area contributed by atoms with Crippen molar-refractivity contribution in [3.63, 3.8) is 0 Å². The first kappa shape index (κ1) is 16.7. The van der Waals surface area contributed by atoms with Crippen molar-refractivity contribution in [1.82, 2.24) is 5.32 Å². The number of hydrogen-bond acceptors (Lipinski definition) is 4. The van der Waals surface area contributed by atoms with Crippen LogP contribution in [0, 0.1) is 0 Å². The molecule has 4 nitrogen and oxygen atoms in total. The molecule has 17 heavy (non-hydrogen) atoms. The summed E-state index contributed by atoms with van der Waals surface area (Å²) in [4.78, 5) is 11.2. The Balaban J connectivity index is 4.04. The molecule has 102 valence electrons. The average Bonchev–Trinajstić information content (AvgIpc) is 2.26. The van der Waals surface area contributed by atoms with Crippen molar-refractivity contribution in [1.29, 1.82) is 0 Å². The molecule has 2 unspecified atom stereocenters. The van der Waals surface area contributed by atoms with Gasteiger partial charge in [-0.05, 0) is 38.5 Å². The van der Waals surface area contributed by atoms with Gasteiger partial charge in [-0.3, -0.25) is 4.79 Å². The predicted octanol–water partition coefficient (Wildman–Crippen LogP) is 1.72. The third-order valence-electron chi connectivity index (χ3n) is 2.78. The number of nitrogens with one attached hydrogen (secondary N) is 1. The minimum atomic E-state index is -0.831. The van der Waals surface area contributed by atoms with E-state index in [0.717, 1.165) is 25.1 Å². The lowest BCUT2D eigenvalue weighted by Crippen LogP contribution is -2.50. The molecule has 0 aliphatic heterocycles. The summed E-state index contributed by atoms with van der Waals surface area (Å²) in [5.74, 6) is 0.00194. The summed E-state index contributed by atoms with van der Waals surface area (Å²) < 4.78 is 0. The van der Waals surface area contributed by atoms with E-state index in [1.165, 1.54) is 0 Å². The summed E-state index contributed by atoms with van der Waals surface area (Å²) in [7, 11) is 0. The van der Waals surface area contributed by atoms with Crippen LogP contribution in [0.1, 0.15) is 40.0 Å². The first-order chi connectivity index (χ1) is 7.96. The van der Waals surface area contributed by atoms with E-state index in [0.29, 0.717) is 11.7 Å². The Hall–Kier alpha value is -0.260. The van der Waals surface area contributed by atoms with Gasteiger partial charge in [0.2, 0.25) is 0 Å². The minimum Gasteiger partial charge on any atom is -0.480 e. The Morgan fingerprint density at radius 1 is 1.53 bits per heavy atom. The van der Waals surface area contributed by atoms with E-state index in [1.807, 2.05) is 6.92 Å². The Morgan fingerprint density at radius 2 is 2.18 bits per heavy atom. The highest BCUT2D eigenvalue weighted by Crippen LogP contribution is 2.19. The van der Waals surface area contributed by atoms with Crippen molar-refractivity contribution in [3.8, 4) is 0 Å². The molecular formula is C12H25NO3S. The van der Waals surface area contributed by atoms with Crippen LogP contribution < -0.4 is 5.32 Å². The molecule has 0 rings (SSSR count). The Labute approximate surface area is 108 Å². The Morgan fingerprint density at radius 3 is 2.65 bits per heavy atom. The molecule has 0 radical (unpaired) electrons. The van der Waals surface area contributed by atoms with Gasteiger partial charge in [0.15, 0.2) is 0 Å². The van der Waals surface area contributed by atoms with E-state index in [9.17, 15) is 9.90 Å². The number of rotatable bonds is 10. The molecule has 0 aromatic rings. The summed E-state index contributed by atoms with van der Waals surface area (Å²) in [6.45, 7) is 6.73. The standard InChI is InChI=1S/C12H25NO3S/c1-4-7-13-12(3,11(15)16)6-9-17-10(2)5-8-14/h10,13-14H,4-9H2,1-3H3,(H,15,16). The van der Waals surface area contributed by atoms with Gasteiger partial charge in [-0.25, -0.2) is 0 Å². The first-order valence-corrected chi connectivity index (χ1v) is 7.22. The summed E-state index contributed by atoms with van der Waals surface area (Å²) in [5.41, 5.74) is -0.831. The van der Waals surface area contributed by atoms with Crippen LogP contribution in [-0.4, -0.2) is 45.9 Å². The lowest BCUT2D eigenvalue weighted by atomic mass is 9.99. The third-order valence-corrected chi connectivity index (χ3v) is 4.02. The van der Waals surface area contributed by atoms with E-state index in [1.54, 1.807) is 18.7 Å². The molecule has 0 aliphatic carbocycles. The molecule has 0 saturated carbocycles. The van der Waals surface area contributed by atoms with E-state index in [-0.39, 0.29) is 6.61 Å². The van der Waals surface area contributed by atoms with Crippen LogP contribution in [0.15, 0.2) is 0 Å². The van der Waals surface area contributed by atoms with Gasteiger partial charge in [0.1, 0.15) is 5.54 Å². The smallest absolute Gasteiger partial charge is 0.323 e. The molecule has 0 heterocycles. The summed E-state index contributed by atoms with van der Waals surface area (Å²) in [5, 5.41) is 21.5. The van der Waals surface area contributed by atoms with Crippen molar-refractivity contribution < 1.29 is 15.0 Å². The Kier molecular flexibility index (Phi) is 8.64. The topological polar surface area (TPSA) is 69.6 Å². The second kappa shape index (κ2) is 8.78. The molecule has 2 atom stereocenters. The third kappa shape index (κ3) is 6.91. The molecule has 0 aliphatic rings. The average molecular weight is 263 g/mol. The quantitative estimate of drug-likeness (QED) is 0.560. The van der Waals surface area contributed by atoms with Crippen molar-refractivity contribution >= 4 is 17.7 Å². The fourth-order valence-corrected chi connectivity index (χ4v) is 2.60. The number of carboxylic acid groups (broad SMARTS) is 1. The van der Waals surface area contributed by atoms with Gasteiger partial charge in [-0.1, -0.05) is 13.8 Å². The fourth-order valence-electron chi connectivity index (χ4n) is 1.40. The van der Waals surface area contributed by atoms with E-state index in [4.69, 9.17) is 5.11 Å². The maximum atomic E-state index is 11.2. The number of aliphatic hydroxyl groups is 1. The summed E-state index contributed by atoms with van der Waals surface area (Å²) in [6.07, 6.45) is 2.29. The van der Waals surface area contributed by atoms with Crippen LogP contribution >= 0.6 is 11.8 Å². The highest BCUT2D eigenvalue weighted by molar-refractivity contribution is 7.99. The summed E-state index contributed by atoms with van der Waals surface area (Å²) in [6, 6.07) is 0. The molecule has 0 fully saturated rings. The molecule has 3 N–H and O–H groups in total. The normalized spacial score (nSPS) is 16.5. The van der Waals surface area contributed by atoms with Gasteiger partial charge in [-0.15, -0.1) is 0 Å². The van der Waals surface area contributed by atoms with Gasteiger partial charge in [0.25, 0.3) is 0 Å². The van der Waals surface area contributed by atoms with Crippen molar-refractivity contribution in [2.24, 2.45) is 0 Å². The predicted molar refractivity (Wildman–Crippen MR) is 72.6 cm³/mol. The number of aliphatic hydroxyl groups excluding tert-OH is 1. The lowest BCUT2D eigenvalue weighted by molar-refractivity contribution is -0.144. The number of carboxylic acids is 1. The highest BCUT2D eigenvalue weighted by atomic mass is 32.2. The molecule has 0 aromatic carbocycles. The number of thioether (sulfide) groups is 1. The second-order valence-corrected chi connectivity index (χ2v) is 6.05. The van der Waals surface area contributed by atoms with Crippen LogP contribution in [0.25, 0.3) is 0 Å². The van der Waals surface area contributed by atoms with Gasteiger partial charge in [0, 0.05) is 11.9 Å². The summed E-state index contributed by atoms with van der Waals surface area (Å²) >= 11 is 1.72. The van der Waals surface area contributed by atoms with Gasteiger partial charge in [-0.2, -0.15) is 11.8 Å². The zero-order chi connectivity index (χ0) is 13.3. The monoisotopic (exact) mass is 263 g/mol. The van der Waals surface area contributed by atoms with Crippen molar-refractivity contribution in [3.05, 3.63) is 0 Å². The second-order valence-electron chi connectivity index (χ2n) is 4.51. The molecule has 0 aromatic heterocycles. The lowest BCUT2D eigenvalue weighted by Gasteiger charge is -2.26. The van der Waals surface area contributed by atoms with Crippen LogP contribution in [0.5, 0.6) is 0 Å². The molecule has 0 saturated heterocycles. The van der Waals surface area contributed by atoms with E-state index >= 15 is 0 Å². The highest BCUT2D eigenvalue weighted by Gasteiger charge is 2.31. The maximum Gasteiger partial charge on any atom is 0.323 e.